The second kappa shape index (κ2) is 10.1. The molecule has 32 heavy (non-hydrogen) atoms. The van der Waals surface area contributed by atoms with Crippen molar-refractivity contribution in [2.75, 3.05) is 14.2 Å². The van der Waals surface area contributed by atoms with Crippen LogP contribution in [0.25, 0.3) is 21.8 Å². The highest BCUT2D eigenvalue weighted by molar-refractivity contribution is 7.13. The van der Waals surface area contributed by atoms with Gasteiger partial charge in [-0.25, -0.2) is 4.98 Å². The molecule has 6 heteroatoms. The van der Waals surface area contributed by atoms with Crippen molar-refractivity contribution in [2.45, 2.75) is 13.0 Å². The third-order valence-electron chi connectivity index (χ3n) is 5.05. The summed E-state index contributed by atoms with van der Waals surface area (Å²) in [6.07, 6.45) is 0.271. The molecule has 1 amide bonds. The zero-order chi connectivity index (χ0) is 22.3. The van der Waals surface area contributed by atoms with E-state index >= 15 is 0 Å². The Morgan fingerprint density at radius 1 is 0.875 bits per heavy atom. The van der Waals surface area contributed by atoms with Crippen molar-refractivity contribution in [3.05, 3.63) is 89.3 Å². The topological polar surface area (TPSA) is 60.5 Å². The van der Waals surface area contributed by atoms with Gasteiger partial charge in [-0.3, -0.25) is 4.79 Å². The minimum atomic E-state index is -0.0526. The zero-order valence-corrected chi connectivity index (χ0v) is 18.8. The van der Waals surface area contributed by atoms with Crippen LogP contribution in [-0.2, 0) is 17.8 Å². The number of carbonyl (C=O) groups excluding carboxylic acids is 1. The van der Waals surface area contributed by atoms with Crippen LogP contribution in [0.2, 0.25) is 0 Å². The predicted octanol–water partition coefficient (Wildman–Crippen LogP) is 5.35. The number of aromatic nitrogens is 1. The summed E-state index contributed by atoms with van der Waals surface area (Å²) in [6, 6.07) is 23.8. The highest BCUT2D eigenvalue weighted by Crippen LogP contribution is 2.29. The Labute approximate surface area is 191 Å². The molecule has 4 rings (SSSR count). The molecule has 1 heterocycles. The normalized spacial score (nSPS) is 10.6. The molecule has 0 fully saturated rings. The lowest BCUT2D eigenvalue weighted by Gasteiger charge is -2.10. The average Bonchev–Trinajstić information content (AvgIpc) is 3.34. The lowest BCUT2D eigenvalue weighted by molar-refractivity contribution is -0.120. The summed E-state index contributed by atoms with van der Waals surface area (Å²) in [6.45, 7) is 0.455. The van der Waals surface area contributed by atoms with Gasteiger partial charge in [0.1, 0.15) is 5.01 Å². The number of amides is 1. The molecule has 1 aromatic heterocycles. The maximum absolute atomic E-state index is 12.5. The van der Waals surface area contributed by atoms with Gasteiger partial charge >= 0.3 is 0 Å². The molecule has 0 unspecified atom stereocenters. The van der Waals surface area contributed by atoms with E-state index < -0.39 is 0 Å². The van der Waals surface area contributed by atoms with Gasteiger partial charge in [-0.1, -0.05) is 54.6 Å². The maximum Gasteiger partial charge on any atom is 0.224 e. The second-order valence-corrected chi connectivity index (χ2v) is 8.11. The molecule has 0 aliphatic carbocycles. The standard InChI is InChI=1S/C26H24N2O3S/c1-30-23-12-11-18(14-24(23)31-2)15-25(29)27-16-19-7-6-10-21(13-19)26-28-22(17-32-26)20-8-4-3-5-9-20/h3-14,17H,15-16H2,1-2H3,(H,27,29). The largest absolute Gasteiger partial charge is 0.493 e. The Bertz CT molecular complexity index is 1200. The Morgan fingerprint density at radius 2 is 1.66 bits per heavy atom. The van der Waals surface area contributed by atoms with E-state index in [0.717, 1.165) is 33.0 Å². The van der Waals surface area contributed by atoms with Gasteiger partial charge in [0.15, 0.2) is 11.5 Å². The molecule has 0 bridgehead atoms. The molecule has 0 saturated carbocycles. The van der Waals surface area contributed by atoms with E-state index in [-0.39, 0.29) is 12.3 Å². The fourth-order valence-corrected chi connectivity index (χ4v) is 4.23. The first-order valence-electron chi connectivity index (χ1n) is 10.2. The molecular weight excluding hydrogens is 420 g/mol. The van der Waals surface area contributed by atoms with Crippen LogP contribution in [0.5, 0.6) is 11.5 Å². The number of methoxy groups -OCH3 is 2. The van der Waals surface area contributed by atoms with Crippen molar-refractivity contribution in [3.63, 3.8) is 0 Å². The molecule has 0 spiro atoms. The first-order valence-corrected chi connectivity index (χ1v) is 11.1. The third-order valence-corrected chi connectivity index (χ3v) is 5.94. The van der Waals surface area contributed by atoms with Crippen LogP contribution in [0.4, 0.5) is 0 Å². The van der Waals surface area contributed by atoms with Gasteiger partial charge in [0.2, 0.25) is 5.91 Å². The van der Waals surface area contributed by atoms with Gasteiger partial charge in [0, 0.05) is 23.1 Å². The quantitative estimate of drug-likeness (QED) is 0.398. The summed E-state index contributed by atoms with van der Waals surface area (Å²) in [4.78, 5) is 17.2. The first kappa shape index (κ1) is 21.6. The zero-order valence-electron chi connectivity index (χ0n) is 18.0. The van der Waals surface area contributed by atoms with Crippen molar-refractivity contribution >= 4 is 17.2 Å². The summed E-state index contributed by atoms with van der Waals surface area (Å²) < 4.78 is 10.6. The second-order valence-electron chi connectivity index (χ2n) is 7.25. The molecule has 3 aromatic carbocycles. The molecular formula is C26H24N2O3S. The summed E-state index contributed by atoms with van der Waals surface area (Å²) >= 11 is 1.62. The number of carbonyl (C=O) groups is 1. The Kier molecular flexibility index (Phi) is 6.82. The van der Waals surface area contributed by atoms with Crippen molar-refractivity contribution < 1.29 is 14.3 Å². The van der Waals surface area contributed by atoms with Gasteiger partial charge in [0.25, 0.3) is 0 Å². The van der Waals surface area contributed by atoms with Gasteiger partial charge in [-0.05, 0) is 29.3 Å². The highest BCUT2D eigenvalue weighted by atomic mass is 32.1. The van der Waals surface area contributed by atoms with E-state index in [1.807, 2.05) is 54.6 Å². The van der Waals surface area contributed by atoms with E-state index in [0.29, 0.717) is 18.0 Å². The number of benzene rings is 3. The predicted molar refractivity (Wildman–Crippen MR) is 128 cm³/mol. The Hall–Kier alpha value is -3.64. The number of nitrogens with zero attached hydrogens (tertiary/aromatic N) is 1. The fourth-order valence-electron chi connectivity index (χ4n) is 3.40. The maximum atomic E-state index is 12.5. The Balaban J connectivity index is 1.39. The fraction of sp³-hybridized carbons (Fsp3) is 0.154. The van der Waals surface area contributed by atoms with Gasteiger partial charge in [-0.15, -0.1) is 11.3 Å². The van der Waals surface area contributed by atoms with Crippen molar-refractivity contribution in [3.8, 4) is 33.3 Å². The van der Waals surface area contributed by atoms with Crippen LogP contribution in [0, 0.1) is 0 Å². The first-order chi connectivity index (χ1) is 15.7. The van der Waals surface area contributed by atoms with Crippen LogP contribution in [0.3, 0.4) is 0 Å². The molecule has 0 aliphatic rings. The van der Waals surface area contributed by atoms with Crippen LogP contribution in [0.15, 0.2) is 78.2 Å². The van der Waals surface area contributed by atoms with E-state index in [1.165, 1.54) is 0 Å². The summed E-state index contributed by atoms with van der Waals surface area (Å²) in [7, 11) is 3.17. The molecule has 4 aromatic rings. The highest BCUT2D eigenvalue weighted by Gasteiger charge is 2.10. The molecule has 162 valence electrons. The third kappa shape index (κ3) is 5.15. The molecule has 5 nitrogen and oxygen atoms in total. The number of hydrogen-bond acceptors (Lipinski definition) is 5. The number of thiazole rings is 1. The van der Waals surface area contributed by atoms with Crippen LogP contribution >= 0.6 is 11.3 Å². The summed E-state index contributed by atoms with van der Waals surface area (Å²) in [5, 5.41) is 6.03. The van der Waals surface area contributed by atoms with Crippen molar-refractivity contribution in [1.82, 2.24) is 10.3 Å². The number of nitrogens with one attached hydrogen (secondary N) is 1. The monoisotopic (exact) mass is 444 g/mol. The molecule has 1 N–H and O–H groups in total. The molecule has 0 atom stereocenters. The van der Waals surface area contributed by atoms with E-state index in [1.54, 1.807) is 25.6 Å². The molecule has 0 radical (unpaired) electrons. The van der Waals surface area contributed by atoms with Gasteiger partial charge < -0.3 is 14.8 Å². The Morgan fingerprint density at radius 3 is 2.44 bits per heavy atom. The smallest absolute Gasteiger partial charge is 0.224 e. The van der Waals surface area contributed by atoms with Crippen molar-refractivity contribution in [2.24, 2.45) is 0 Å². The van der Waals surface area contributed by atoms with E-state index in [4.69, 9.17) is 14.5 Å². The van der Waals surface area contributed by atoms with Crippen LogP contribution in [-0.4, -0.2) is 25.1 Å². The molecule has 0 saturated heterocycles. The average molecular weight is 445 g/mol. The van der Waals surface area contributed by atoms with E-state index in [2.05, 4.69) is 28.9 Å². The minimum Gasteiger partial charge on any atom is -0.493 e. The van der Waals surface area contributed by atoms with Crippen LogP contribution < -0.4 is 14.8 Å². The number of hydrogen-bond donors (Lipinski definition) is 1. The minimum absolute atomic E-state index is 0.0526. The molecule has 0 aliphatic heterocycles. The SMILES string of the molecule is COc1ccc(CC(=O)NCc2cccc(-c3nc(-c4ccccc4)cs3)c2)cc1OC. The van der Waals surface area contributed by atoms with Crippen molar-refractivity contribution in [1.29, 1.82) is 0 Å². The number of rotatable bonds is 8. The summed E-state index contributed by atoms with van der Waals surface area (Å²) in [5.74, 6) is 1.21. The lowest BCUT2D eigenvalue weighted by Crippen LogP contribution is -2.24. The lowest BCUT2D eigenvalue weighted by atomic mass is 10.1. The summed E-state index contributed by atoms with van der Waals surface area (Å²) in [5.41, 5.74) is 5.02. The van der Waals surface area contributed by atoms with Crippen LogP contribution in [0.1, 0.15) is 11.1 Å². The van der Waals surface area contributed by atoms with E-state index in [9.17, 15) is 4.79 Å². The van der Waals surface area contributed by atoms with Gasteiger partial charge in [0.05, 0.1) is 26.3 Å². The van der Waals surface area contributed by atoms with Gasteiger partial charge in [-0.2, -0.15) is 0 Å². The number of ether oxygens (including phenoxy) is 2.